The molecule has 114 valence electrons. The molecule has 0 fully saturated rings. The van der Waals surface area contributed by atoms with E-state index in [2.05, 4.69) is 24.1 Å². The molecular formula is C16H21ClN2O2. The summed E-state index contributed by atoms with van der Waals surface area (Å²) in [5, 5.41) is 5.49. The number of halogens is 1. The molecule has 2 unspecified atom stereocenters. The highest BCUT2D eigenvalue weighted by atomic mass is 35.5. The summed E-state index contributed by atoms with van der Waals surface area (Å²) in [5.74, 6) is 3.20. The first-order chi connectivity index (χ1) is 10.1. The molecule has 4 nitrogen and oxygen atoms in total. The fourth-order valence-electron chi connectivity index (χ4n) is 2.11. The minimum atomic E-state index is 0.230. The molecule has 2 atom stereocenters. The molecule has 0 aliphatic rings. The molecule has 0 saturated carbocycles. The number of aromatic nitrogens is 1. The molecule has 2 rings (SSSR count). The van der Waals surface area contributed by atoms with Gasteiger partial charge >= 0.3 is 0 Å². The zero-order valence-electron chi connectivity index (χ0n) is 12.8. The Morgan fingerprint density at radius 2 is 1.86 bits per heavy atom. The molecule has 0 aliphatic heterocycles. The van der Waals surface area contributed by atoms with Crippen molar-refractivity contribution in [3.63, 3.8) is 0 Å². The van der Waals surface area contributed by atoms with Crippen LogP contribution in [0.25, 0.3) is 10.8 Å². The van der Waals surface area contributed by atoms with Crippen LogP contribution in [-0.4, -0.2) is 31.1 Å². The number of rotatable bonds is 6. The summed E-state index contributed by atoms with van der Waals surface area (Å²) in [6.07, 6.45) is 1.79. The van der Waals surface area contributed by atoms with E-state index in [0.717, 1.165) is 16.6 Å². The van der Waals surface area contributed by atoms with Crippen LogP contribution in [0.15, 0.2) is 24.4 Å². The van der Waals surface area contributed by atoms with Gasteiger partial charge in [-0.25, -0.2) is 4.98 Å². The Balaban J connectivity index is 2.45. The van der Waals surface area contributed by atoms with E-state index >= 15 is 0 Å². The Labute approximate surface area is 130 Å². The van der Waals surface area contributed by atoms with E-state index in [1.807, 2.05) is 18.2 Å². The van der Waals surface area contributed by atoms with Gasteiger partial charge < -0.3 is 14.8 Å². The first kappa shape index (κ1) is 15.7. The highest BCUT2D eigenvalue weighted by Crippen LogP contribution is 2.34. The SMILES string of the molecule is COc1cc2ccnc(NC(C)C(C)CCl)c2cc1OC. The summed E-state index contributed by atoms with van der Waals surface area (Å²) < 4.78 is 10.7. The lowest BCUT2D eigenvalue weighted by Crippen LogP contribution is -2.25. The number of nitrogens with zero attached hydrogens (tertiary/aromatic N) is 1. The zero-order valence-corrected chi connectivity index (χ0v) is 13.6. The number of alkyl halides is 1. The van der Waals surface area contributed by atoms with Crippen molar-refractivity contribution >= 4 is 28.2 Å². The smallest absolute Gasteiger partial charge is 0.161 e. The Morgan fingerprint density at radius 3 is 2.48 bits per heavy atom. The number of pyridine rings is 1. The molecule has 0 amide bonds. The number of methoxy groups -OCH3 is 2. The molecule has 1 aromatic carbocycles. The molecular weight excluding hydrogens is 288 g/mol. The minimum Gasteiger partial charge on any atom is -0.493 e. The van der Waals surface area contributed by atoms with Gasteiger partial charge in [-0.2, -0.15) is 0 Å². The normalized spacial score (nSPS) is 13.8. The number of ether oxygens (including phenoxy) is 2. The predicted octanol–water partition coefficient (Wildman–Crippen LogP) is 3.93. The summed E-state index contributed by atoms with van der Waals surface area (Å²) >= 11 is 5.92. The van der Waals surface area contributed by atoms with Crippen LogP contribution in [0.3, 0.4) is 0 Å². The third kappa shape index (κ3) is 3.32. The maximum Gasteiger partial charge on any atom is 0.161 e. The molecule has 0 saturated heterocycles. The van der Waals surface area contributed by atoms with Crippen molar-refractivity contribution in [2.24, 2.45) is 5.92 Å². The standard InChI is InChI=1S/C16H21ClN2O2/c1-10(9-17)11(2)19-16-13-8-15(21-4)14(20-3)7-12(13)5-6-18-16/h5-8,10-11H,9H2,1-4H3,(H,18,19). The Kier molecular flexibility index (Phi) is 5.12. The van der Waals surface area contributed by atoms with E-state index < -0.39 is 0 Å². The lowest BCUT2D eigenvalue weighted by atomic mass is 10.1. The maximum atomic E-state index is 5.92. The van der Waals surface area contributed by atoms with Crippen molar-refractivity contribution in [1.82, 2.24) is 4.98 Å². The van der Waals surface area contributed by atoms with E-state index in [1.54, 1.807) is 20.4 Å². The van der Waals surface area contributed by atoms with Crippen LogP contribution < -0.4 is 14.8 Å². The lowest BCUT2D eigenvalue weighted by Gasteiger charge is -2.21. The van der Waals surface area contributed by atoms with Crippen molar-refractivity contribution in [2.75, 3.05) is 25.4 Å². The average Bonchev–Trinajstić information content (AvgIpc) is 2.52. The predicted molar refractivity (Wildman–Crippen MR) is 87.8 cm³/mol. The van der Waals surface area contributed by atoms with Gasteiger partial charge in [0.1, 0.15) is 5.82 Å². The summed E-state index contributed by atoms with van der Waals surface area (Å²) in [4.78, 5) is 4.44. The number of hydrogen-bond acceptors (Lipinski definition) is 4. The topological polar surface area (TPSA) is 43.4 Å². The van der Waals surface area contributed by atoms with Crippen molar-refractivity contribution in [2.45, 2.75) is 19.9 Å². The van der Waals surface area contributed by atoms with Crippen LogP contribution in [0.2, 0.25) is 0 Å². The van der Waals surface area contributed by atoms with Gasteiger partial charge in [0.15, 0.2) is 11.5 Å². The van der Waals surface area contributed by atoms with Crippen LogP contribution in [0.5, 0.6) is 11.5 Å². The van der Waals surface area contributed by atoms with Crippen LogP contribution in [0.4, 0.5) is 5.82 Å². The maximum absolute atomic E-state index is 5.92. The average molecular weight is 309 g/mol. The molecule has 2 aromatic rings. The molecule has 1 aromatic heterocycles. The van der Waals surface area contributed by atoms with E-state index in [0.29, 0.717) is 23.3 Å². The number of fused-ring (bicyclic) bond motifs is 1. The Hall–Kier alpha value is -1.68. The number of benzene rings is 1. The summed E-state index contributed by atoms with van der Waals surface area (Å²) in [6, 6.07) is 6.09. The first-order valence-corrected chi connectivity index (χ1v) is 7.47. The largest absolute Gasteiger partial charge is 0.493 e. The van der Waals surface area contributed by atoms with Gasteiger partial charge in [0.2, 0.25) is 0 Å². The van der Waals surface area contributed by atoms with Gasteiger partial charge in [-0.15, -0.1) is 11.6 Å². The van der Waals surface area contributed by atoms with Gasteiger partial charge in [-0.05, 0) is 36.4 Å². The monoisotopic (exact) mass is 308 g/mol. The number of nitrogens with one attached hydrogen (secondary N) is 1. The van der Waals surface area contributed by atoms with Crippen LogP contribution in [0, 0.1) is 5.92 Å². The number of hydrogen-bond donors (Lipinski definition) is 1. The van der Waals surface area contributed by atoms with Crippen LogP contribution in [0.1, 0.15) is 13.8 Å². The molecule has 5 heteroatoms. The third-order valence-electron chi connectivity index (χ3n) is 3.73. The van der Waals surface area contributed by atoms with Crippen molar-refractivity contribution in [3.05, 3.63) is 24.4 Å². The van der Waals surface area contributed by atoms with E-state index in [4.69, 9.17) is 21.1 Å². The quantitative estimate of drug-likeness (QED) is 0.821. The van der Waals surface area contributed by atoms with Crippen LogP contribution >= 0.6 is 11.6 Å². The van der Waals surface area contributed by atoms with Crippen molar-refractivity contribution in [1.29, 1.82) is 0 Å². The fourth-order valence-corrected chi connectivity index (χ4v) is 2.37. The van der Waals surface area contributed by atoms with Gasteiger partial charge in [0.25, 0.3) is 0 Å². The minimum absolute atomic E-state index is 0.230. The summed E-state index contributed by atoms with van der Waals surface area (Å²) in [7, 11) is 3.26. The Morgan fingerprint density at radius 1 is 1.19 bits per heavy atom. The third-order valence-corrected chi connectivity index (χ3v) is 4.22. The zero-order chi connectivity index (χ0) is 15.4. The molecule has 1 N–H and O–H groups in total. The van der Waals surface area contributed by atoms with Gasteiger partial charge in [0, 0.05) is 23.5 Å². The van der Waals surface area contributed by atoms with E-state index in [-0.39, 0.29) is 6.04 Å². The number of anilines is 1. The Bertz CT molecular complexity index is 618. The summed E-state index contributed by atoms with van der Waals surface area (Å²) in [5.41, 5.74) is 0. The van der Waals surface area contributed by atoms with Gasteiger partial charge in [0.05, 0.1) is 14.2 Å². The highest BCUT2D eigenvalue weighted by molar-refractivity contribution is 6.18. The second-order valence-electron chi connectivity index (χ2n) is 5.15. The molecule has 0 bridgehead atoms. The molecule has 21 heavy (non-hydrogen) atoms. The molecule has 0 spiro atoms. The molecule has 0 radical (unpaired) electrons. The second-order valence-corrected chi connectivity index (χ2v) is 5.46. The molecule has 0 aliphatic carbocycles. The van der Waals surface area contributed by atoms with E-state index in [1.165, 1.54) is 0 Å². The molecule has 1 heterocycles. The van der Waals surface area contributed by atoms with Gasteiger partial charge in [-0.1, -0.05) is 6.92 Å². The second kappa shape index (κ2) is 6.85. The summed E-state index contributed by atoms with van der Waals surface area (Å²) in [6.45, 7) is 4.22. The van der Waals surface area contributed by atoms with Crippen molar-refractivity contribution in [3.8, 4) is 11.5 Å². The highest BCUT2D eigenvalue weighted by Gasteiger charge is 2.14. The van der Waals surface area contributed by atoms with Crippen molar-refractivity contribution < 1.29 is 9.47 Å². The van der Waals surface area contributed by atoms with Gasteiger partial charge in [-0.3, -0.25) is 0 Å². The van der Waals surface area contributed by atoms with Crippen LogP contribution in [-0.2, 0) is 0 Å². The first-order valence-electron chi connectivity index (χ1n) is 6.94. The lowest BCUT2D eigenvalue weighted by molar-refractivity contribution is 0.356. The fraction of sp³-hybridized carbons (Fsp3) is 0.438. The van der Waals surface area contributed by atoms with E-state index in [9.17, 15) is 0 Å².